The maximum atomic E-state index is 13.2. The molecule has 5 aliphatic rings. The molecule has 3 nitrogen and oxygen atoms in total. The Balaban J connectivity index is 1.89. The van der Waals surface area contributed by atoms with Crippen molar-refractivity contribution >= 4 is 14.3 Å². The van der Waals surface area contributed by atoms with Crippen molar-refractivity contribution in [3.63, 3.8) is 0 Å². The molecule has 0 unspecified atom stereocenters. The van der Waals surface area contributed by atoms with Crippen LogP contribution in [-0.2, 0) is 32.4 Å². The number of aryl methyl sites for hydroxylation is 2. The lowest BCUT2D eigenvalue weighted by atomic mass is 9.49. The summed E-state index contributed by atoms with van der Waals surface area (Å²) in [4.78, 5) is 13.2. The van der Waals surface area contributed by atoms with Gasteiger partial charge in [-0.1, -0.05) is 24.3 Å². The van der Waals surface area contributed by atoms with E-state index in [0.29, 0.717) is 0 Å². The number of carbonyl (C=O) groups is 1. The molecule has 0 amide bonds. The monoisotopic (exact) mass is 354 g/mol. The number of rotatable bonds is 2. The average molecular weight is 355 g/mol. The van der Waals surface area contributed by atoms with Crippen LogP contribution < -0.4 is 0 Å². The number of benzene rings is 1. The fourth-order valence-electron chi connectivity index (χ4n) is 6.17. The molecule has 132 valence electrons. The molecule has 3 fully saturated rings. The number of hydrogen-bond acceptors (Lipinski definition) is 3. The number of fused-ring (bicyclic) bond motifs is 2. The first-order chi connectivity index (χ1) is 11.7. The second-order valence-corrected chi connectivity index (χ2v) is 13.7. The Morgan fingerprint density at radius 1 is 1.28 bits per heavy atom. The SMILES string of the molecule is C=C1C[C@@H]2OC(=O)[C@]13CCc1ccc(C)c4c1[C@]3(O[Si](C)(C)C)[C@@H]2C4. The van der Waals surface area contributed by atoms with Gasteiger partial charge in [-0.05, 0) is 68.1 Å². The zero-order valence-electron chi connectivity index (χ0n) is 15.6. The van der Waals surface area contributed by atoms with E-state index in [1.165, 1.54) is 22.3 Å². The molecular formula is C21H26O3Si. The molecule has 0 aromatic heterocycles. The topological polar surface area (TPSA) is 35.5 Å². The van der Waals surface area contributed by atoms with E-state index in [1.54, 1.807) is 0 Å². The van der Waals surface area contributed by atoms with Crippen molar-refractivity contribution in [1.29, 1.82) is 0 Å². The lowest BCUT2D eigenvalue weighted by Gasteiger charge is -2.63. The van der Waals surface area contributed by atoms with Crippen molar-refractivity contribution in [2.24, 2.45) is 11.3 Å². The van der Waals surface area contributed by atoms with Crippen molar-refractivity contribution in [1.82, 2.24) is 0 Å². The van der Waals surface area contributed by atoms with Crippen molar-refractivity contribution < 1.29 is 14.0 Å². The predicted octanol–water partition coefficient (Wildman–Crippen LogP) is 4.03. The van der Waals surface area contributed by atoms with Crippen LogP contribution in [0.25, 0.3) is 0 Å². The third-order valence-corrected chi connectivity index (χ3v) is 7.86. The second kappa shape index (κ2) is 4.47. The van der Waals surface area contributed by atoms with Crippen LogP contribution in [0, 0.1) is 18.3 Å². The maximum absolute atomic E-state index is 13.2. The summed E-state index contributed by atoms with van der Waals surface area (Å²) in [5, 5.41) is 0. The Bertz CT molecular complexity index is 816. The van der Waals surface area contributed by atoms with Gasteiger partial charge in [-0.2, -0.15) is 0 Å². The summed E-state index contributed by atoms with van der Waals surface area (Å²) in [6.45, 7) is 13.3. The van der Waals surface area contributed by atoms with E-state index < -0.39 is 19.3 Å². The molecule has 3 aliphatic carbocycles. The highest BCUT2D eigenvalue weighted by Crippen LogP contribution is 2.71. The lowest BCUT2D eigenvalue weighted by Crippen LogP contribution is -2.70. The molecule has 2 aliphatic heterocycles. The highest BCUT2D eigenvalue weighted by Gasteiger charge is 2.76. The molecule has 4 heteroatoms. The van der Waals surface area contributed by atoms with E-state index in [9.17, 15) is 4.79 Å². The van der Waals surface area contributed by atoms with Gasteiger partial charge in [0.25, 0.3) is 0 Å². The molecule has 1 spiro atoms. The van der Waals surface area contributed by atoms with Gasteiger partial charge in [-0.25, -0.2) is 0 Å². The molecule has 1 aromatic carbocycles. The van der Waals surface area contributed by atoms with E-state index >= 15 is 0 Å². The molecule has 0 radical (unpaired) electrons. The minimum absolute atomic E-state index is 0.0803. The van der Waals surface area contributed by atoms with Crippen LogP contribution >= 0.6 is 0 Å². The minimum Gasteiger partial charge on any atom is -0.461 e. The second-order valence-electron chi connectivity index (χ2n) is 9.31. The Labute approximate surface area is 150 Å². The van der Waals surface area contributed by atoms with Crippen LogP contribution in [0.3, 0.4) is 0 Å². The Kier molecular flexibility index (Phi) is 2.83. The summed E-state index contributed by atoms with van der Waals surface area (Å²) in [5.41, 5.74) is 5.25. The van der Waals surface area contributed by atoms with E-state index in [4.69, 9.17) is 9.16 Å². The first-order valence-corrected chi connectivity index (χ1v) is 12.8. The van der Waals surface area contributed by atoms with Crippen LogP contribution in [0.2, 0.25) is 19.6 Å². The molecule has 1 saturated carbocycles. The van der Waals surface area contributed by atoms with E-state index in [2.05, 4.69) is 45.3 Å². The summed E-state index contributed by atoms with van der Waals surface area (Å²) >= 11 is 0. The van der Waals surface area contributed by atoms with Gasteiger partial charge in [0.2, 0.25) is 0 Å². The smallest absolute Gasteiger partial charge is 0.319 e. The summed E-state index contributed by atoms with van der Waals surface area (Å²) in [6, 6.07) is 4.50. The van der Waals surface area contributed by atoms with E-state index in [-0.39, 0.29) is 18.0 Å². The Hall–Kier alpha value is -1.39. The van der Waals surface area contributed by atoms with Gasteiger partial charge in [-0.3, -0.25) is 4.79 Å². The van der Waals surface area contributed by atoms with E-state index in [0.717, 1.165) is 31.3 Å². The Morgan fingerprint density at radius 3 is 2.72 bits per heavy atom. The number of carbonyl (C=O) groups excluding carboxylic acids is 1. The van der Waals surface area contributed by atoms with Crippen LogP contribution in [0.15, 0.2) is 24.3 Å². The first kappa shape index (κ1) is 15.8. The summed E-state index contributed by atoms with van der Waals surface area (Å²) in [6.07, 6.45) is 3.36. The minimum atomic E-state index is -1.91. The van der Waals surface area contributed by atoms with Gasteiger partial charge in [0, 0.05) is 12.3 Å². The molecule has 2 bridgehead atoms. The molecule has 2 saturated heterocycles. The summed E-state index contributed by atoms with van der Waals surface area (Å²) < 4.78 is 13.0. The molecule has 4 atom stereocenters. The molecule has 2 heterocycles. The normalized spacial score (nSPS) is 37.9. The number of hydrogen-bond donors (Lipinski definition) is 0. The number of esters is 1. The van der Waals surface area contributed by atoms with E-state index in [1.807, 2.05) is 0 Å². The Morgan fingerprint density at radius 2 is 2.04 bits per heavy atom. The van der Waals surface area contributed by atoms with Crippen molar-refractivity contribution in [3.05, 3.63) is 46.5 Å². The van der Waals surface area contributed by atoms with Gasteiger partial charge in [0.15, 0.2) is 8.32 Å². The standard InChI is InChI=1S/C21H26O3Si/c1-12-6-7-14-8-9-20-13(2)10-17(23-19(20)22)16-11-15(12)18(14)21(16,20)24-25(3,4)5/h6-7,16-17H,2,8-11H2,1,3-5H3/t16-,17+,20+,21-/m1/s1. The number of ether oxygens (including phenoxy) is 1. The highest BCUT2D eigenvalue weighted by molar-refractivity contribution is 6.69. The van der Waals surface area contributed by atoms with Crippen LogP contribution in [-0.4, -0.2) is 20.4 Å². The van der Waals surface area contributed by atoms with Gasteiger partial charge in [0.1, 0.15) is 17.1 Å². The average Bonchev–Trinajstić information content (AvgIpc) is 2.84. The van der Waals surface area contributed by atoms with Gasteiger partial charge >= 0.3 is 5.97 Å². The first-order valence-electron chi connectivity index (χ1n) is 9.42. The fraction of sp³-hybridized carbons (Fsp3) is 0.571. The quantitative estimate of drug-likeness (QED) is 0.457. The third kappa shape index (κ3) is 1.64. The zero-order valence-corrected chi connectivity index (χ0v) is 16.6. The molecule has 6 rings (SSSR count). The van der Waals surface area contributed by atoms with Crippen molar-refractivity contribution in [2.45, 2.75) is 64.0 Å². The third-order valence-electron chi connectivity index (χ3n) is 6.93. The van der Waals surface area contributed by atoms with Crippen LogP contribution in [0.1, 0.15) is 35.1 Å². The van der Waals surface area contributed by atoms with Crippen molar-refractivity contribution in [3.8, 4) is 0 Å². The molecular weight excluding hydrogens is 328 g/mol. The van der Waals surface area contributed by atoms with Gasteiger partial charge in [0.05, 0.1) is 0 Å². The molecule has 0 N–H and O–H groups in total. The van der Waals surface area contributed by atoms with Crippen LogP contribution in [0.4, 0.5) is 0 Å². The van der Waals surface area contributed by atoms with Crippen LogP contribution in [0.5, 0.6) is 0 Å². The van der Waals surface area contributed by atoms with Gasteiger partial charge in [-0.15, -0.1) is 0 Å². The maximum Gasteiger partial charge on any atom is 0.319 e. The fourth-order valence-corrected chi connectivity index (χ4v) is 7.56. The zero-order chi connectivity index (χ0) is 17.8. The lowest BCUT2D eigenvalue weighted by molar-refractivity contribution is -0.234. The summed E-state index contributed by atoms with van der Waals surface area (Å²) in [7, 11) is -1.91. The largest absolute Gasteiger partial charge is 0.461 e. The summed E-state index contributed by atoms with van der Waals surface area (Å²) in [5.74, 6) is 0.154. The van der Waals surface area contributed by atoms with Gasteiger partial charge < -0.3 is 9.16 Å². The molecule has 1 aromatic rings. The highest BCUT2D eigenvalue weighted by atomic mass is 28.4. The predicted molar refractivity (Wildman–Crippen MR) is 98.9 cm³/mol. The molecule has 25 heavy (non-hydrogen) atoms. The van der Waals surface area contributed by atoms with Crippen molar-refractivity contribution in [2.75, 3.05) is 0 Å².